The Morgan fingerprint density at radius 3 is 2.89 bits per heavy atom. The molecule has 0 bridgehead atoms. The van der Waals surface area contributed by atoms with E-state index in [1.807, 2.05) is 12.1 Å². The van der Waals surface area contributed by atoms with E-state index in [0.717, 1.165) is 37.2 Å². The second kappa shape index (κ2) is 6.30. The van der Waals surface area contributed by atoms with Crippen LogP contribution < -0.4 is 10.2 Å². The molecular weight excluding hydrogens is 271 g/mol. The first-order valence-corrected chi connectivity index (χ1v) is 7.02. The molecule has 1 aromatic rings. The average Bonchev–Trinajstić information content (AvgIpc) is 2.33. The predicted octanol–water partition coefficient (Wildman–Crippen LogP) is 3.51. The lowest BCUT2D eigenvalue weighted by atomic mass is 10.1. The Bertz CT molecular complexity index is 437. The predicted molar refractivity (Wildman–Crippen MR) is 76.9 cm³/mol. The first-order chi connectivity index (χ1) is 8.70. The molecule has 1 amide bonds. The van der Waals surface area contributed by atoms with Gasteiger partial charge in [-0.3, -0.25) is 4.79 Å². The van der Waals surface area contributed by atoms with Crippen LogP contribution in [-0.4, -0.2) is 24.9 Å². The molecule has 1 N–H and O–H groups in total. The minimum atomic E-state index is 0.0158. The molecule has 18 heavy (non-hydrogen) atoms. The molecule has 0 atom stereocenters. The first-order valence-electron chi connectivity index (χ1n) is 6.11. The van der Waals surface area contributed by atoms with Crippen molar-refractivity contribution in [2.75, 3.05) is 29.2 Å². The Kier molecular flexibility index (Phi) is 4.72. The van der Waals surface area contributed by atoms with E-state index < -0.39 is 0 Å². The summed E-state index contributed by atoms with van der Waals surface area (Å²) in [7, 11) is 0. The molecule has 0 fully saturated rings. The summed E-state index contributed by atoms with van der Waals surface area (Å²) in [6, 6.07) is 5.60. The van der Waals surface area contributed by atoms with Gasteiger partial charge in [0.05, 0.1) is 17.9 Å². The van der Waals surface area contributed by atoms with E-state index in [0.29, 0.717) is 17.4 Å². The van der Waals surface area contributed by atoms with Crippen molar-refractivity contribution in [3.05, 3.63) is 23.2 Å². The molecule has 5 heteroatoms. The Labute approximate surface area is 117 Å². The molecule has 0 unspecified atom stereocenters. The van der Waals surface area contributed by atoms with Crippen molar-refractivity contribution >= 4 is 40.5 Å². The number of alkyl halides is 1. The van der Waals surface area contributed by atoms with Crippen LogP contribution in [0.3, 0.4) is 0 Å². The molecule has 1 aliphatic heterocycles. The first kappa shape index (κ1) is 13.5. The number of benzene rings is 1. The minimum Gasteiger partial charge on any atom is -0.361 e. The van der Waals surface area contributed by atoms with Crippen LogP contribution in [0.5, 0.6) is 0 Å². The fourth-order valence-electron chi connectivity index (χ4n) is 2.11. The number of fused-ring (bicyclic) bond motifs is 1. The van der Waals surface area contributed by atoms with Crippen molar-refractivity contribution in [1.29, 1.82) is 0 Å². The standard InChI is InChI=1S/C13H16Cl2N2O/c14-6-2-1-3-7-17-9-13(18)16-11-8-10(15)4-5-12(11)17/h4-5,8H,1-3,6-7,9H2,(H,16,18). The van der Waals surface area contributed by atoms with Crippen LogP contribution in [0.1, 0.15) is 19.3 Å². The largest absolute Gasteiger partial charge is 0.361 e. The zero-order chi connectivity index (χ0) is 13.0. The number of nitrogens with one attached hydrogen (secondary N) is 1. The van der Waals surface area contributed by atoms with Crippen molar-refractivity contribution in [3.63, 3.8) is 0 Å². The third-order valence-corrected chi connectivity index (χ3v) is 3.47. The molecule has 3 nitrogen and oxygen atoms in total. The third-order valence-electron chi connectivity index (χ3n) is 2.97. The summed E-state index contributed by atoms with van der Waals surface area (Å²) in [5.74, 6) is 0.717. The number of halogens is 2. The SMILES string of the molecule is O=C1CN(CCCCCCl)c2ccc(Cl)cc2N1. The molecule has 98 valence electrons. The maximum Gasteiger partial charge on any atom is 0.243 e. The van der Waals surface area contributed by atoms with Crippen LogP contribution in [0.4, 0.5) is 11.4 Å². The number of hydrogen-bond donors (Lipinski definition) is 1. The summed E-state index contributed by atoms with van der Waals surface area (Å²) in [5, 5.41) is 3.48. The van der Waals surface area contributed by atoms with Gasteiger partial charge < -0.3 is 10.2 Å². The maximum absolute atomic E-state index is 11.6. The van der Waals surface area contributed by atoms with E-state index in [9.17, 15) is 4.79 Å². The molecule has 0 aliphatic carbocycles. The van der Waals surface area contributed by atoms with Crippen molar-refractivity contribution in [2.45, 2.75) is 19.3 Å². The van der Waals surface area contributed by atoms with E-state index in [1.165, 1.54) is 0 Å². The van der Waals surface area contributed by atoms with Gasteiger partial charge in [0.1, 0.15) is 0 Å². The maximum atomic E-state index is 11.6. The number of nitrogens with zero attached hydrogens (tertiary/aromatic N) is 1. The number of carbonyl (C=O) groups excluding carboxylic acids is 1. The van der Waals surface area contributed by atoms with Gasteiger partial charge in [-0.05, 0) is 31.0 Å². The lowest BCUT2D eigenvalue weighted by Gasteiger charge is -2.31. The third kappa shape index (κ3) is 3.30. The number of amides is 1. The fraction of sp³-hybridized carbons (Fsp3) is 0.462. The van der Waals surface area contributed by atoms with Gasteiger partial charge in [0.2, 0.25) is 5.91 Å². The number of unbranched alkanes of at least 4 members (excludes halogenated alkanes) is 2. The van der Waals surface area contributed by atoms with Gasteiger partial charge in [-0.1, -0.05) is 18.0 Å². The number of rotatable bonds is 5. The summed E-state index contributed by atoms with van der Waals surface area (Å²) >= 11 is 11.6. The van der Waals surface area contributed by atoms with Crippen LogP contribution in [-0.2, 0) is 4.79 Å². The molecule has 0 aromatic heterocycles. The molecule has 1 heterocycles. The van der Waals surface area contributed by atoms with Gasteiger partial charge in [-0.25, -0.2) is 0 Å². The zero-order valence-electron chi connectivity index (χ0n) is 10.1. The number of anilines is 2. The van der Waals surface area contributed by atoms with Crippen molar-refractivity contribution in [2.24, 2.45) is 0 Å². The van der Waals surface area contributed by atoms with E-state index >= 15 is 0 Å². The van der Waals surface area contributed by atoms with Crippen LogP contribution in [0.25, 0.3) is 0 Å². The molecule has 0 saturated heterocycles. The number of carbonyl (C=O) groups is 1. The minimum absolute atomic E-state index is 0.0158. The van der Waals surface area contributed by atoms with E-state index in [4.69, 9.17) is 23.2 Å². The Morgan fingerprint density at radius 2 is 2.11 bits per heavy atom. The summed E-state index contributed by atoms with van der Waals surface area (Å²) in [6.45, 7) is 1.29. The van der Waals surface area contributed by atoms with Crippen molar-refractivity contribution < 1.29 is 4.79 Å². The van der Waals surface area contributed by atoms with Gasteiger partial charge in [0.25, 0.3) is 0 Å². The smallest absolute Gasteiger partial charge is 0.243 e. The van der Waals surface area contributed by atoms with E-state index in [-0.39, 0.29) is 5.91 Å². The second-order valence-electron chi connectivity index (χ2n) is 4.38. The molecule has 1 aromatic carbocycles. The highest BCUT2D eigenvalue weighted by Crippen LogP contribution is 2.32. The average molecular weight is 287 g/mol. The van der Waals surface area contributed by atoms with Crippen LogP contribution in [0.15, 0.2) is 18.2 Å². The van der Waals surface area contributed by atoms with Gasteiger partial charge >= 0.3 is 0 Å². The molecule has 0 spiro atoms. The molecule has 0 saturated carbocycles. The highest BCUT2D eigenvalue weighted by atomic mass is 35.5. The topological polar surface area (TPSA) is 32.3 Å². The molecule has 1 aliphatic rings. The fourth-order valence-corrected chi connectivity index (χ4v) is 2.47. The van der Waals surface area contributed by atoms with Crippen molar-refractivity contribution in [3.8, 4) is 0 Å². The monoisotopic (exact) mass is 286 g/mol. The van der Waals surface area contributed by atoms with E-state index in [2.05, 4.69) is 10.2 Å². The van der Waals surface area contributed by atoms with Gasteiger partial charge in [-0.2, -0.15) is 0 Å². The van der Waals surface area contributed by atoms with Gasteiger partial charge in [0.15, 0.2) is 0 Å². The molecular formula is C13H16Cl2N2O. The summed E-state index contributed by atoms with van der Waals surface area (Å²) in [6.07, 6.45) is 3.15. The van der Waals surface area contributed by atoms with Crippen LogP contribution >= 0.6 is 23.2 Å². The normalized spacial score (nSPS) is 14.3. The lowest BCUT2D eigenvalue weighted by Crippen LogP contribution is -2.38. The van der Waals surface area contributed by atoms with Crippen LogP contribution in [0.2, 0.25) is 5.02 Å². The Morgan fingerprint density at radius 1 is 1.28 bits per heavy atom. The second-order valence-corrected chi connectivity index (χ2v) is 5.20. The summed E-state index contributed by atoms with van der Waals surface area (Å²) < 4.78 is 0. The van der Waals surface area contributed by atoms with Gasteiger partial charge in [-0.15, -0.1) is 11.6 Å². The highest BCUT2D eigenvalue weighted by Gasteiger charge is 2.21. The molecule has 0 radical (unpaired) electrons. The zero-order valence-corrected chi connectivity index (χ0v) is 11.6. The Balaban J connectivity index is 2.06. The highest BCUT2D eigenvalue weighted by molar-refractivity contribution is 6.31. The van der Waals surface area contributed by atoms with Crippen LogP contribution in [0, 0.1) is 0 Å². The van der Waals surface area contributed by atoms with Crippen molar-refractivity contribution in [1.82, 2.24) is 0 Å². The number of hydrogen-bond acceptors (Lipinski definition) is 2. The molecule has 2 rings (SSSR count). The van der Waals surface area contributed by atoms with Gasteiger partial charge in [0, 0.05) is 17.4 Å². The summed E-state index contributed by atoms with van der Waals surface area (Å²) in [4.78, 5) is 13.7. The lowest BCUT2D eigenvalue weighted by molar-refractivity contribution is -0.115. The Hall–Kier alpha value is -0.930. The summed E-state index contributed by atoms with van der Waals surface area (Å²) in [5.41, 5.74) is 1.85. The quantitative estimate of drug-likeness (QED) is 0.664. The van der Waals surface area contributed by atoms with E-state index in [1.54, 1.807) is 6.07 Å².